The number of para-hydroxylation sites is 1. The minimum atomic E-state index is -0.353. The molecule has 4 rings (SSSR count). The average Bonchev–Trinajstić information content (AvgIpc) is 3.45. The van der Waals surface area contributed by atoms with Gasteiger partial charge in [-0.1, -0.05) is 24.3 Å². The van der Waals surface area contributed by atoms with Crippen molar-refractivity contribution >= 4 is 28.8 Å². The molecule has 0 radical (unpaired) electrons. The first-order valence-corrected chi connectivity index (χ1v) is 11.6. The van der Waals surface area contributed by atoms with Crippen LogP contribution in [0.5, 0.6) is 0 Å². The number of thiophene rings is 1. The molecule has 1 unspecified atom stereocenters. The number of hydrogen-bond donors (Lipinski definition) is 1. The molecule has 0 saturated carbocycles. The SMILES string of the molecule is CN1CCN(c2ccccc2CNC(=O)C2CCCN2C(=O)Cc2cccs2)CC1. The van der Waals surface area contributed by atoms with Gasteiger partial charge < -0.3 is 20.0 Å². The number of amides is 2. The fraction of sp³-hybridized carbons (Fsp3) is 0.478. The maximum atomic E-state index is 12.9. The molecule has 2 fully saturated rings. The zero-order valence-electron chi connectivity index (χ0n) is 17.5. The number of likely N-dealkylation sites (tertiary alicyclic amines) is 1. The largest absolute Gasteiger partial charge is 0.369 e. The van der Waals surface area contributed by atoms with Crippen LogP contribution in [0.2, 0.25) is 0 Å². The minimum absolute atomic E-state index is 0.0415. The summed E-state index contributed by atoms with van der Waals surface area (Å²) in [5.41, 5.74) is 2.33. The van der Waals surface area contributed by atoms with Crippen LogP contribution in [0.1, 0.15) is 23.3 Å². The number of hydrogen-bond acceptors (Lipinski definition) is 5. The first-order valence-electron chi connectivity index (χ1n) is 10.7. The minimum Gasteiger partial charge on any atom is -0.369 e. The lowest BCUT2D eigenvalue weighted by molar-refractivity contribution is -0.138. The maximum Gasteiger partial charge on any atom is 0.243 e. The number of piperazine rings is 1. The summed E-state index contributed by atoms with van der Waals surface area (Å²) in [6.07, 6.45) is 2.00. The van der Waals surface area contributed by atoms with E-state index in [-0.39, 0.29) is 17.9 Å². The van der Waals surface area contributed by atoms with E-state index in [1.165, 1.54) is 5.69 Å². The van der Waals surface area contributed by atoms with E-state index in [1.807, 2.05) is 23.6 Å². The van der Waals surface area contributed by atoms with Crippen LogP contribution in [-0.2, 0) is 22.6 Å². The molecule has 0 bridgehead atoms. The molecular formula is C23H30N4O2S. The van der Waals surface area contributed by atoms with Crippen molar-refractivity contribution in [1.29, 1.82) is 0 Å². The van der Waals surface area contributed by atoms with Crippen molar-refractivity contribution in [2.75, 3.05) is 44.7 Å². The van der Waals surface area contributed by atoms with Gasteiger partial charge in [0.05, 0.1) is 6.42 Å². The molecule has 30 heavy (non-hydrogen) atoms. The third-order valence-electron chi connectivity index (χ3n) is 6.07. The second-order valence-corrected chi connectivity index (χ2v) is 9.17. The summed E-state index contributed by atoms with van der Waals surface area (Å²) < 4.78 is 0. The highest BCUT2D eigenvalue weighted by molar-refractivity contribution is 7.10. The summed E-state index contributed by atoms with van der Waals surface area (Å²) >= 11 is 1.59. The number of likely N-dealkylation sites (N-methyl/N-ethyl adjacent to an activating group) is 1. The van der Waals surface area contributed by atoms with E-state index >= 15 is 0 Å². The van der Waals surface area contributed by atoms with Crippen molar-refractivity contribution in [3.8, 4) is 0 Å². The number of carbonyl (C=O) groups excluding carboxylic acids is 2. The van der Waals surface area contributed by atoms with Crippen molar-refractivity contribution in [3.05, 3.63) is 52.2 Å². The van der Waals surface area contributed by atoms with E-state index in [0.29, 0.717) is 19.5 Å². The summed E-state index contributed by atoms with van der Waals surface area (Å²) in [6.45, 7) is 5.24. The van der Waals surface area contributed by atoms with Gasteiger partial charge in [0.15, 0.2) is 0 Å². The van der Waals surface area contributed by atoms with Gasteiger partial charge in [-0.3, -0.25) is 9.59 Å². The molecule has 7 heteroatoms. The zero-order chi connectivity index (χ0) is 20.9. The lowest BCUT2D eigenvalue weighted by atomic mass is 10.1. The first-order chi connectivity index (χ1) is 14.6. The van der Waals surface area contributed by atoms with Crippen LogP contribution in [0.15, 0.2) is 41.8 Å². The Morgan fingerprint density at radius 3 is 2.63 bits per heavy atom. The van der Waals surface area contributed by atoms with Crippen LogP contribution < -0.4 is 10.2 Å². The highest BCUT2D eigenvalue weighted by atomic mass is 32.1. The lowest BCUT2D eigenvalue weighted by Gasteiger charge is -2.35. The van der Waals surface area contributed by atoms with Crippen molar-refractivity contribution in [2.24, 2.45) is 0 Å². The molecule has 2 aromatic rings. The molecule has 2 amide bonds. The van der Waals surface area contributed by atoms with Gasteiger partial charge >= 0.3 is 0 Å². The quantitative estimate of drug-likeness (QED) is 0.771. The van der Waals surface area contributed by atoms with Gasteiger partial charge in [0.1, 0.15) is 6.04 Å². The van der Waals surface area contributed by atoms with Crippen molar-refractivity contribution < 1.29 is 9.59 Å². The van der Waals surface area contributed by atoms with Gasteiger partial charge in [-0.05, 0) is 43.0 Å². The number of anilines is 1. The Kier molecular flexibility index (Phi) is 6.69. The van der Waals surface area contributed by atoms with Crippen LogP contribution in [0.25, 0.3) is 0 Å². The molecule has 1 N–H and O–H groups in total. The number of carbonyl (C=O) groups is 2. The van der Waals surface area contributed by atoms with E-state index < -0.39 is 0 Å². The fourth-order valence-corrected chi connectivity index (χ4v) is 5.01. The second-order valence-electron chi connectivity index (χ2n) is 8.14. The highest BCUT2D eigenvalue weighted by Gasteiger charge is 2.34. The Hall–Kier alpha value is -2.38. The number of rotatable bonds is 6. The smallest absolute Gasteiger partial charge is 0.243 e. The monoisotopic (exact) mass is 426 g/mol. The molecule has 6 nitrogen and oxygen atoms in total. The maximum absolute atomic E-state index is 12.9. The Bertz CT molecular complexity index is 862. The van der Waals surface area contributed by atoms with E-state index in [0.717, 1.165) is 49.5 Å². The van der Waals surface area contributed by atoms with Gasteiger partial charge in [-0.2, -0.15) is 0 Å². The molecule has 0 aliphatic carbocycles. The Labute approximate surface area is 182 Å². The van der Waals surface area contributed by atoms with Gasteiger partial charge in [0.2, 0.25) is 11.8 Å². The van der Waals surface area contributed by atoms with E-state index in [1.54, 1.807) is 16.2 Å². The third-order valence-corrected chi connectivity index (χ3v) is 6.95. The molecule has 3 heterocycles. The Morgan fingerprint density at radius 1 is 1.07 bits per heavy atom. The molecular weight excluding hydrogens is 396 g/mol. The first kappa shape index (κ1) is 20.9. The zero-order valence-corrected chi connectivity index (χ0v) is 18.4. The predicted molar refractivity (Wildman–Crippen MR) is 121 cm³/mol. The van der Waals surface area contributed by atoms with Crippen LogP contribution in [0, 0.1) is 0 Å². The van der Waals surface area contributed by atoms with Gasteiger partial charge in [-0.15, -0.1) is 11.3 Å². The summed E-state index contributed by atoms with van der Waals surface area (Å²) in [5.74, 6) is 0.00754. The van der Waals surface area contributed by atoms with Gasteiger partial charge in [0, 0.05) is 49.8 Å². The van der Waals surface area contributed by atoms with E-state index in [9.17, 15) is 9.59 Å². The highest BCUT2D eigenvalue weighted by Crippen LogP contribution is 2.23. The predicted octanol–water partition coefficient (Wildman–Crippen LogP) is 2.35. The van der Waals surface area contributed by atoms with Gasteiger partial charge in [0.25, 0.3) is 0 Å². The van der Waals surface area contributed by atoms with Gasteiger partial charge in [-0.25, -0.2) is 0 Å². The fourth-order valence-electron chi connectivity index (χ4n) is 4.32. The van der Waals surface area contributed by atoms with Crippen LogP contribution in [0.3, 0.4) is 0 Å². The van der Waals surface area contributed by atoms with Crippen LogP contribution in [0.4, 0.5) is 5.69 Å². The van der Waals surface area contributed by atoms with Crippen LogP contribution in [-0.4, -0.2) is 67.4 Å². The number of benzene rings is 1. The summed E-state index contributed by atoms with van der Waals surface area (Å²) in [6, 6.07) is 11.9. The third kappa shape index (κ3) is 4.84. The van der Waals surface area contributed by atoms with E-state index in [4.69, 9.17) is 0 Å². The molecule has 2 aliphatic rings. The normalized spacial score (nSPS) is 19.8. The Balaban J connectivity index is 1.37. The van der Waals surface area contributed by atoms with Crippen molar-refractivity contribution in [3.63, 3.8) is 0 Å². The number of nitrogens with one attached hydrogen (secondary N) is 1. The van der Waals surface area contributed by atoms with Crippen LogP contribution >= 0.6 is 11.3 Å². The lowest BCUT2D eigenvalue weighted by Crippen LogP contribution is -2.46. The molecule has 2 aliphatic heterocycles. The van der Waals surface area contributed by atoms with Crippen molar-refractivity contribution in [2.45, 2.75) is 31.8 Å². The number of nitrogens with zero attached hydrogens (tertiary/aromatic N) is 3. The molecule has 1 atom stereocenters. The summed E-state index contributed by atoms with van der Waals surface area (Å²) in [7, 11) is 2.15. The molecule has 2 saturated heterocycles. The molecule has 1 aromatic heterocycles. The molecule has 0 spiro atoms. The summed E-state index contributed by atoms with van der Waals surface area (Å²) in [5, 5.41) is 5.09. The Morgan fingerprint density at radius 2 is 1.87 bits per heavy atom. The molecule has 160 valence electrons. The average molecular weight is 427 g/mol. The second kappa shape index (κ2) is 9.62. The van der Waals surface area contributed by atoms with E-state index in [2.05, 4.69) is 40.4 Å². The topological polar surface area (TPSA) is 55.9 Å². The standard InChI is InChI=1S/C23H30N4O2S/c1-25-11-13-26(14-12-25)20-8-3-2-6-18(20)17-24-23(29)21-9-4-10-27(21)22(28)16-19-7-5-15-30-19/h2-3,5-8,15,21H,4,9-14,16-17H2,1H3,(H,24,29). The molecule has 1 aromatic carbocycles. The van der Waals surface area contributed by atoms with Crippen molar-refractivity contribution in [1.82, 2.24) is 15.1 Å². The summed E-state index contributed by atoms with van der Waals surface area (Å²) in [4.78, 5) is 33.2.